The summed E-state index contributed by atoms with van der Waals surface area (Å²) in [6, 6.07) is 0.495. The van der Waals surface area contributed by atoms with E-state index in [1.165, 1.54) is 0 Å². The highest BCUT2D eigenvalue weighted by molar-refractivity contribution is 5.66. The molecular formula is C8H13NO3. The van der Waals surface area contributed by atoms with Gasteiger partial charge in [-0.25, -0.2) is 0 Å². The van der Waals surface area contributed by atoms with Crippen molar-refractivity contribution in [3.05, 3.63) is 0 Å². The first-order valence-corrected chi connectivity index (χ1v) is 4.33. The number of nitrogens with zero attached hydrogens (tertiary/aromatic N) is 1. The van der Waals surface area contributed by atoms with E-state index < -0.39 is 5.97 Å². The summed E-state index contributed by atoms with van der Waals surface area (Å²) in [5.41, 5.74) is 0. The van der Waals surface area contributed by atoms with E-state index in [4.69, 9.17) is 9.84 Å². The molecule has 2 unspecified atom stereocenters. The Morgan fingerprint density at radius 1 is 1.67 bits per heavy atom. The summed E-state index contributed by atoms with van der Waals surface area (Å²) >= 11 is 0. The number of fused-ring (bicyclic) bond motifs is 2. The standard InChI is InChI=1S/C8H13NO3/c10-8(11)1-2-9-4-7-3-6(9)5-12-7/h6-7H,1-5H2,(H,10,11). The predicted molar refractivity (Wildman–Crippen MR) is 42.0 cm³/mol. The van der Waals surface area contributed by atoms with Gasteiger partial charge >= 0.3 is 5.97 Å². The first-order chi connectivity index (χ1) is 5.75. The van der Waals surface area contributed by atoms with Gasteiger partial charge in [-0.1, -0.05) is 0 Å². The maximum Gasteiger partial charge on any atom is 0.304 e. The van der Waals surface area contributed by atoms with Crippen LogP contribution in [0.3, 0.4) is 0 Å². The molecule has 2 saturated heterocycles. The minimum absolute atomic E-state index is 0.253. The summed E-state index contributed by atoms with van der Waals surface area (Å²) in [5, 5.41) is 8.49. The van der Waals surface area contributed by atoms with Crippen LogP contribution in [-0.4, -0.2) is 47.8 Å². The van der Waals surface area contributed by atoms with E-state index in [9.17, 15) is 4.79 Å². The number of hydrogen-bond acceptors (Lipinski definition) is 3. The Labute approximate surface area is 71.1 Å². The molecule has 2 bridgehead atoms. The highest BCUT2D eigenvalue weighted by Gasteiger charge is 2.38. The van der Waals surface area contributed by atoms with Crippen LogP contribution in [0.25, 0.3) is 0 Å². The number of carboxylic acids is 1. The number of aliphatic carboxylic acids is 1. The number of morpholine rings is 1. The molecule has 2 aliphatic heterocycles. The van der Waals surface area contributed by atoms with Gasteiger partial charge in [-0.2, -0.15) is 0 Å². The second-order valence-corrected chi connectivity index (χ2v) is 3.48. The van der Waals surface area contributed by atoms with Crippen molar-refractivity contribution in [1.29, 1.82) is 0 Å². The van der Waals surface area contributed by atoms with Gasteiger partial charge in [0.25, 0.3) is 0 Å². The van der Waals surface area contributed by atoms with E-state index in [1.54, 1.807) is 0 Å². The zero-order valence-electron chi connectivity index (χ0n) is 6.90. The molecule has 4 nitrogen and oxygen atoms in total. The SMILES string of the molecule is O=C(O)CCN1CC2CC1CO2. The first kappa shape index (κ1) is 8.01. The van der Waals surface area contributed by atoms with Gasteiger partial charge in [-0.05, 0) is 6.42 Å². The molecule has 2 atom stereocenters. The Morgan fingerprint density at radius 3 is 3.00 bits per heavy atom. The van der Waals surface area contributed by atoms with Gasteiger partial charge in [0.2, 0.25) is 0 Å². The number of carbonyl (C=O) groups is 1. The molecule has 0 aromatic heterocycles. The fourth-order valence-corrected chi connectivity index (χ4v) is 1.99. The van der Waals surface area contributed by atoms with Crippen molar-refractivity contribution in [3.8, 4) is 0 Å². The van der Waals surface area contributed by atoms with Gasteiger partial charge < -0.3 is 9.84 Å². The van der Waals surface area contributed by atoms with Gasteiger partial charge in [0.05, 0.1) is 19.1 Å². The molecule has 2 aliphatic rings. The van der Waals surface area contributed by atoms with Gasteiger partial charge in [0.15, 0.2) is 0 Å². The third-order valence-electron chi connectivity index (χ3n) is 2.63. The highest BCUT2D eigenvalue weighted by atomic mass is 16.5. The van der Waals surface area contributed by atoms with Crippen LogP contribution in [0.2, 0.25) is 0 Å². The zero-order valence-corrected chi connectivity index (χ0v) is 6.90. The van der Waals surface area contributed by atoms with Crippen LogP contribution in [0.1, 0.15) is 12.8 Å². The Morgan fingerprint density at radius 2 is 2.50 bits per heavy atom. The van der Waals surface area contributed by atoms with E-state index in [0.29, 0.717) is 18.7 Å². The molecule has 0 aliphatic carbocycles. The average molecular weight is 171 g/mol. The fourth-order valence-electron chi connectivity index (χ4n) is 1.99. The molecule has 1 N–H and O–H groups in total. The molecular weight excluding hydrogens is 158 g/mol. The fraction of sp³-hybridized carbons (Fsp3) is 0.875. The Kier molecular flexibility index (Phi) is 2.02. The maximum atomic E-state index is 10.3. The van der Waals surface area contributed by atoms with Crippen molar-refractivity contribution < 1.29 is 14.6 Å². The molecule has 12 heavy (non-hydrogen) atoms. The van der Waals surface area contributed by atoms with Crippen LogP contribution in [0.5, 0.6) is 0 Å². The van der Waals surface area contributed by atoms with Crippen LogP contribution >= 0.6 is 0 Å². The third-order valence-corrected chi connectivity index (χ3v) is 2.63. The summed E-state index contributed by atoms with van der Waals surface area (Å²) in [4.78, 5) is 12.5. The summed E-state index contributed by atoms with van der Waals surface area (Å²) in [5.74, 6) is -0.710. The molecule has 0 spiro atoms. The van der Waals surface area contributed by atoms with Crippen molar-refractivity contribution >= 4 is 5.97 Å². The summed E-state index contributed by atoms with van der Waals surface area (Å²) in [6.07, 6.45) is 1.73. The summed E-state index contributed by atoms with van der Waals surface area (Å²) in [6.45, 7) is 2.40. The van der Waals surface area contributed by atoms with Crippen molar-refractivity contribution in [2.75, 3.05) is 19.7 Å². The van der Waals surface area contributed by atoms with Crippen LogP contribution in [-0.2, 0) is 9.53 Å². The summed E-state index contributed by atoms with van der Waals surface area (Å²) in [7, 11) is 0. The van der Waals surface area contributed by atoms with Crippen molar-refractivity contribution in [2.24, 2.45) is 0 Å². The molecule has 0 radical (unpaired) electrons. The van der Waals surface area contributed by atoms with Crippen molar-refractivity contribution in [1.82, 2.24) is 4.90 Å². The molecule has 0 amide bonds. The molecule has 68 valence electrons. The smallest absolute Gasteiger partial charge is 0.304 e. The molecule has 2 fully saturated rings. The van der Waals surface area contributed by atoms with E-state index in [2.05, 4.69) is 4.90 Å². The number of carboxylic acid groups (broad SMARTS) is 1. The van der Waals surface area contributed by atoms with Crippen LogP contribution in [0.4, 0.5) is 0 Å². The van der Waals surface area contributed by atoms with Crippen LogP contribution < -0.4 is 0 Å². The summed E-state index contributed by atoms with van der Waals surface area (Å²) < 4.78 is 5.40. The van der Waals surface area contributed by atoms with E-state index >= 15 is 0 Å². The number of rotatable bonds is 3. The van der Waals surface area contributed by atoms with Gasteiger partial charge in [0, 0.05) is 19.1 Å². The lowest BCUT2D eigenvalue weighted by molar-refractivity contribution is -0.137. The largest absolute Gasteiger partial charge is 0.481 e. The average Bonchev–Trinajstić information content (AvgIpc) is 2.60. The molecule has 0 aromatic rings. The maximum absolute atomic E-state index is 10.3. The molecule has 0 aromatic carbocycles. The van der Waals surface area contributed by atoms with E-state index in [0.717, 1.165) is 19.6 Å². The van der Waals surface area contributed by atoms with Crippen molar-refractivity contribution in [2.45, 2.75) is 25.0 Å². The number of hydrogen-bond donors (Lipinski definition) is 1. The lowest BCUT2D eigenvalue weighted by Crippen LogP contribution is -2.38. The van der Waals surface area contributed by atoms with Crippen molar-refractivity contribution in [3.63, 3.8) is 0 Å². The quantitative estimate of drug-likeness (QED) is 0.646. The van der Waals surface area contributed by atoms with E-state index in [-0.39, 0.29) is 6.42 Å². The molecule has 2 heterocycles. The minimum atomic E-state index is -0.710. The van der Waals surface area contributed by atoms with Gasteiger partial charge in [-0.3, -0.25) is 9.69 Å². The first-order valence-electron chi connectivity index (χ1n) is 4.33. The predicted octanol–water partition coefficient (Wildman–Crippen LogP) is -0.0658. The van der Waals surface area contributed by atoms with Gasteiger partial charge in [0.1, 0.15) is 0 Å². The van der Waals surface area contributed by atoms with Crippen LogP contribution in [0, 0.1) is 0 Å². The second-order valence-electron chi connectivity index (χ2n) is 3.48. The Hall–Kier alpha value is -0.610. The Balaban J connectivity index is 1.79. The van der Waals surface area contributed by atoms with E-state index in [1.807, 2.05) is 0 Å². The molecule has 0 saturated carbocycles. The monoisotopic (exact) mass is 171 g/mol. The lowest BCUT2D eigenvalue weighted by Gasteiger charge is -2.25. The zero-order chi connectivity index (χ0) is 8.55. The molecule has 4 heteroatoms. The normalized spacial score (nSPS) is 34.3. The van der Waals surface area contributed by atoms with Gasteiger partial charge in [-0.15, -0.1) is 0 Å². The Bertz CT molecular complexity index is 195. The highest BCUT2D eigenvalue weighted by Crippen LogP contribution is 2.27. The number of likely N-dealkylation sites (tertiary alicyclic amines) is 1. The third kappa shape index (κ3) is 1.44. The number of ether oxygens (including phenoxy) is 1. The lowest BCUT2D eigenvalue weighted by atomic mass is 10.2. The minimum Gasteiger partial charge on any atom is -0.481 e. The van der Waals surface area contributed by atoms with Crippen LogP contribution in [0.15, 0.2) is 0 Å². The molecule has 2 rings (SSSR count). The topological polar surface area (TPSA) is 49.8 Å². The second kappa shape index (κ2) is 3.03.